The molecule has 25 heavy (non-hydrogen) atoms. The third-order valence-electron chi connectivity index (χ3n) is 4.16. The van der Waals surface area contributed by atoms with Crippen molar-refractivity contribution < 1.29 is 9.53 Å². The van der Waals surface area contributed by atoms with E-state index in [4.69, 9.17) is 4.74 Å². The Morgan fingerprint density at radius 2 is 1.88 bits per heavy atom. The van der Waals surface area contributed by atoms with Crippen LogP contribution in [0.4, 0.5) is 0 Å². The highest BCUT2D eigenvalue weighted by molar-refractivity contribution is 7.12. The van der Waals surface area contributed by atoms with Crippen molar-refractivity contribution in [2.45, 2.75) is 20.0 Å². The molecule has 1 aliphatic rings. The lowest BCUT2D eigenvalue weighted by Gasteiger charge is -2.26. The van der Waals surface area contributed by atoms with E-state index in [1.54, 1.807) is 17.4 Å². The number of morpholine rings is 1. The van der Waals surface area contributed by atoms with Crippen molar-refractivity contribution >= 4 is 23.3 Å². The van der Waals surface area contributed by atoms with Gasteiger partial charge in [-0.2, -0.15) is 0 Å². The minimum absolute atomic E-state index is 0.0663. The van der Waals surface area contributed by atoms with Crippen molar-refractivity contribution in [2.75, 3.05) is 26.3 Å². The molecule has 5 heteroatoms. The van der Waals surface area contributed by atoms with Gasteiger partial charge in [0.2, 0.25) is 5.91 Å². The first kappa shape index (κ1) is 17.9. The maximum atomic E-state index is 11.9. The number of hydrogen-bond acceptors (Lipinski definition) is 4. The van der Waals surface area contributed by atoms with Crippen molar-refractivity contribution in [1.29, 1.82) is 0 Å². The van der Waals surface area contributed by atoms with Gasteiger partial charge >= 0.3 is 0 Å². The smallest absolute Gasteiger partial charge is 0.244 e. The highest BCUT2D eigenvalue weighted by Crippen LogP contribution is 2.16. The minimum Gasteiger partial charge on any atom is -0.379 e. The molecule has 0 saturated carbocycles. The van der Waals surface area contributed by atoms with E-state index in [9.17, 15) is 4.79 Å². The Bertz CT molecular complexity index is 716. The van der Waals surface area contributed by atoms with Crippen LogP contribution in [-0.4, -0.2) is 37.1 Å². The number of amides is 1. The summed E-state index contributed by atoms with van der Waals surface area (Å²) in [5, 5.41) is 2.93. The molecular weight excluding hydrogens is 332 g/mol. The molecule has 1 aromatic carbocycles. The minimum atomic E-state index is -0.0663. The molecular formula is C20H24N2O2S. The van der Waals surface area contributed by atoms with E-state index < -0.39 is 0 Å². The van der Waals surface area contributed by atoms with Crippen LogP contribution in [0, 0.1) is 6.92 Å². The molecule has 4 nitrogen and oxygen atoms in total. The number of ether oxygens (including phenoxy) is 1. The summed E-state index contributed by atoms with van der Waals surface area (Å²) >= 11 is 1.68. The van der Waals surface area contributed by atoms with Crippen molar-refractivity contribution in [3.8, 4) is 0 Å². The van der Waals surface area contributed by atoms with Crippen LogP contribution in [0.25, 0.3) is 6.08 Å². The first-order valence-corrected chi connectivity index (χ1v) is 9.41. The van der Waals surface area contributed by atoms with Crippen LogP contribution in [0.2, 0.25) is 0 Å². The monoisotopic (exact) mass is 356 g/mol. The quantitative estimate of drug-likeness (QED) is 0.808. The molecule has 2 heterocycles. The number of carbonyl (C=O) groups is 1. The fourth-order valence-electron chi connectivity index (χ4n) is 2.73. The predicted molar refractivity (Wildman–Crippen MR) is 102 cm³/mol. The van der Waals surface area contributed by atoms with Gasteiger partial charge in [0.05, 0.1) is 13.2 Å². The van der Waals surface area contributed by atoms with Crippen molar-refractivity contribution in [2.24, 2.45) is 0 Å². The fraction of sp³-hybridized carbons (Fsp3) is 0.350. The molecule has 3 rings (SSSR count). The maximum absolute atomic E-state index is 11.9. The second-order valence-electron chi connectivity index (χ2n) is 6.20. The molecule has 0 aliphatic carbocycles. The van der Waals surface area contributed by atoms with Crippen LogP contribution in [0.1, 0.15) is 20.9 Å². The lowest BCUT2D eigenvalue weighted by Crippen LogP contribution is -2.35. The van der Waals surface area contributed by atoms with Crippen molar-refractivity contribution in [1.82, 2.24) is 10.2 Å². The lowest BCUT2D eigenvalue weighted by atomic mass is 10.1. The van der Waals surface area contributed by atoms with Gasteiger partial charge in [0.1, 0.15) is 0 Å². The van der Waals surface area contributed by atoms with E-state index in [-0.39, 0.29) is 5.91 Å². The van der Waals surface area contributed by atoms with Gasteiger partial charge in [-0.15, -0.1) is 11.3 Å². The summed E-state index contributed by atoms with van der Waals surface area (Å²) in [6.07, 6.45) is 3.45. The van der Waals surface area contributed by atoms with Gasteiger partial charge in [0.25, 0.3) is 0 Å². The largest absolute Gasteiger partial charge is 0.379 e. The highest BCUT2D eigenvalue weighted by Gasteiger charge is 2.10. The molecule has 1 fully saturated rings. The summed E-state index contributed by atoms with van der Waals surface area (Å²) in [6, 6.07) is 12.5. The summed E-state index contributed by atoms with van der Waals surface area (Å²) in [6.45, 7) is 7.20. The predicted octanol–water partition coefficient (Wildman–Crippen LogP) is 3.22. The number of hydrogen-bond donors (Lipinski definition) is 1. The number of thiophene rings is 1. The summed E-state index contributed by atoms with van der Waals surface area (Å²) in [5.41, 5.74) is 2.41. The van der Waals surface area contributed by atoms with E-state index in [0.717, 1.165) is 43.3 Å². The normalized spacial score (nSPS) is 15.6. The molecule has 0 spiro atoms. The number of carbonyl (C=O) groups excluding carboxylic acids is 1. The molecule has 1 aliphatic heterocycles. The SMILES string of the molecule is Cc1ccc(C=CC(=O)NCc2ccc(CN3CCOCC3)cc2)s1. The summed E-state index contributed by atoms with van der Waals surface area (Å²) < 4.78 is 5.37. The van der Waals surface area contributed by atoms with Gasteiger partial charge < -0.3 is 10.1 Å². The standard InChI is InChI=1S/C20H24N2O2S/c1-16-2-7-19(25-16)8-9-20(23)21-14-17-3-5-18(6-4-17)15-22-10-12-24-13-11-22/h2-9H,10-15H2,1H3,(H,21,23). The molecule has 1 amide bonds. The molecule has 0 bridgehead atoms. The zero-order valence-electron chi connectivity index (χ0n) is 14.5. The van der Waals surface area contributed by atoms with Gasteiger partial charge in [0.15, 0.2) is 0 Å². The fourth-order valence-corrected chi connectivity index (χ4v) is 3.51. The Morgan fingerprint density at radius 1 is 1.16 bits per heavy atom. The lowest BCUT2D eigenvalue weighted by molar-refractivity contribution is -0.116. The van der Waals surface area contributed by atoms with E-state index in [2.05, 4.69) is 47.5 Å². The zero-order valence-corrected chi connectivity index (χ0v) is 15.3. The highest BCUT2D eigenvalue weighted by atomic mass is 32.1. The van der Waals surface area contributed by atoms with Crippen molar-refractivity contribution in [3.63, 3.8) is 0 Å². The second-order valence-corrected chi connectivity index (χ2v) is 7.52. The van der Waals surface area contributed by atoms with E-state index in [0.29, 0.717) is 6.54 Å². The molecule has 0 atom stereocenters. The van der Waals surface area contributed by atoms with Gasteiger partial charge in [-0.1, -0.05) is 24.3 Å². The second kappa shape index (κ2) is 8.94. The van der Waals surface area contributed by atoms with Crippen LogP contribution in [0.3, 0.4) is 0 Å². The van der Waals surface area contributed by atoms with Crippen LogP contribution >= 0.6 is 11.3 Å². The first-order valence-electron chi connectivity index (χ1n) is 8.59. The number of nitrogens with zero attached hydrogens (tertiary/aromatic N) is 1. The maximum Gasteiger partial charge on any atom is 0.244 e. The van der Waals surface area contributed by atoms with Gasteiger partial charge in [-0.25, -0.2) is 0 Å². The first-order chi connectivity index (χ1) is 12.2. The zero-order chi connectivity index (χ0) is 17.5. The van der Waals surface area contributed by atoms with Crippen LogP contribution in [0.15, 0.2) is 42.5 Å². The Labute approximate surface area is 153 Å². The number of nitrogens with one attached hydrogen (secondary N) is 1. The average molecular weight is 356 g/mol. The molecule has 2 aromatic rings. The van der Waals surface area contributed by atoms with Crippen LogP contribution < -0.4 is 5.32 Å². The molecule has 132 valence electrons. The third kappa shape index (κ3) is 5.81. The Kier molecular flexibility index (Phi) is 6.39. The number of rotatable bonds is 6. The topological polar surface area (TPSA) is 41.6 Å². The molecule has 1 N–H and O–H groups in total. The molecule has 0 unspecified atom stereocenters. The number of aryl methyl sites for hydroxylation is 1. The Morgan fingerprint density at radius 3 is 2.56 bits per heavy atom. The molecule has 1 aromatic heterocycles. The van der Waals surface area contributed by atoms with Gasteiger partial charge in [0, 0.05) is 42.0 Å². The van der Waals surface area contributed by atoms with Gasteiger partial charge in [-0.3, -0.25) is 9.69 Å². The summed E-state index contributed by atoms with van der Waals surface area (Å²) in [5.74, 6) is -0.0663. The third-order valence-corrected chi connectivity index (χ3v) is 5.13. The van der Waals surface area contributed by atoms with E-state index in [1.807, 2.05) is 12.1 Å². The number of benzene rings is 1. The van der Waals surface area contributed by atoms with Crippen LogP contribution in [-0.2, 0) is 22.6 Å². The van der Waals surface area contributed by atoms with Crippen molar-refractivity contribution in [3.05, 3.63) is 63.4 Å². The van der Waals surface area contributed by atoms with E-state index in [1.165, 1.54) is 10.4 Å². The van der Waals surface area contributed by atoms with Crippen LogP contribution in [0.5, 0.6) is 0 Å². The average Bonchev–Trinajstić information content (AvgIpc) is 3.06. The van der Waals surface area contributed by atoms with Gasteiger partial charge in [-0.05, 0) is 36.3 Å². The molecule has 1 saturated heterocycles. The summed E-state index contributed by atoms with van der Waals surface area (Å²) in [7, 11) is 0. The molecule has 0 radical (unpaired) electrons. The Balaban J connectivity index is 1.44. The van der Waals surface area contributed by atoms with E-state index >= 15 is 0 Å². The Hall–Kier alpha value is -1.95. The summed E-state index contributed by atoms with van der Waals surface area (Å²) in [4.78, 5) is 16.7.